The number of nitrogen functional groups attached to an aromatic ring is 1. The smallest absolute Gasteiger partial charge is 0.101 e. The molecule has 0 radical (unpaired) electrons. The number of anilines is 2. The summed E-state index contributed by atoms with van der Waals surface area (Å²) >= 11 is 0. The fourth-order valence-corrected chi connectivity index (χ4v) is 1.45. The van der Waals surface area contributed by atoms with Gasteiger partial charge in [0.05, 0.1) is 11.3 Å². The average Bonchev–Trinajstić information content (AvgIpc) is 2.27. The number of benzene rings is 1. The first kappa shape index (κ1) is 12.4. The van der Waals surface area contributed by atoms with Crippen LogP contribution in [0.5, 0.6) is 0 Å². The summed E-state index contributed by atoms with van der Waals surface area (Å²) in [6.45, 7) is 6.52. The maximum Gasteiger partial charge on any atom is 0.101 e. The Hall–Kier alpha value is -1.69. The molecule has 0 atom stereocenters. The lowest BCUT2D eigenvalue weighted by Crippen LogP contribution is -2.40. The summed E-state index contributed by atoms with van der Waals surface area (Å²) in [6.07, 6.45) is 1.05. The second-order valence-corrected chi connectivity index (χ2v) is 4.61. The van der Waals surface area contributed by atoms with Gasteiger partial charge in [-0.25, -0.2) is 0 Å². The molecule has 0 unspecified atom stereocenters. The standard InChI is InChI=1S/C13H19N3/c1-5-13(2,3)16(4)11-7-6-10(9-14)12(15)8-11/h6-8H,5,15H2,1-4H3. The molecule has 0 saturated carbocycles. The average molecular weight is 217 g/mol. The van der Waals surface area contributed by atoms with Crippen molar-refractivity contribution in [3.8, 4) is 6.07 Å². The number of nitrogens with two attached hydrogens (primary N) is 1. The molecule has 16 heavy (non-hydrogen) atoms. The topological polar surface area (TPSA) is 53.0 Å². The molecule has 0 heterocycles. The Morgan fingerprint density at radius 3 is 2.50 bits per heavy atom. The highest BCUT2D eigenvalue weighted by Crippen LogP contribution is 2.27. The Bertz CT molecular complexity index is 416. The van der Waals surface area contributed by atoms with Gasteiger partial charge in [0.15, 0.2) is 0 Å². The van der Waals surface area contributed by atoms with E-state index in [0.29, 0.717) is 11.3 Å². The second kappa shape index (κ2) is 4.44. The van der Waals surface area contributed by atoms with Gasteiger partial charge in [-0.15, -0.1) is 0 Å². The van der Waals surface area contributed by atoms with E-state index in [-0.39, 0.29) is 5.54 Å². The van der Waals surface area contributed by atoms with Crippen LogP contribution in [0.25, 0.3) is 0 Å². The van der Waals surface area contributed by atoms with Gasteiger partial charge in [0.2, 0.25) is 0 Å². The van der Waals surface area contributed by atoms with Crippen molar-refractivity contribution in [2.24, 2.45) is 0 Å². The van der Waals surface area contributed by atoms with Gasteiger partial charge in [0, 0.05) is 18.3 Å². The van der Waals surface area contributed by atoms with Gasteiger partial charge in [-0.3, -0.25) is 0 Å². The molecule has 0 aliphatic rings. The predicted molar refractivity (Wildman–Crippen MR) is 68.3 cm³/mol. The zero-order chi connectivity index (χ0) is 12.3. The van der Waals surface area contributed by atoms with Crippen LogP contribution in [0.1, 0.15) is 32.8 Å². The van der Waals surface area contributed by atoms with Crippen LogP contribution in [0, 0.1) is 11.3 Å². The van der Waals surface area contributed by atoms with Crippen molar-refractivity contribution >= 4 is 11.4 Å². The molecule has 2 N–H and O–H groups in total. The van der Waals surface area contributed by atoms with Crippen LogP contribution in [-0.4, -0.2) is 12.6 Å². The molecule has 0 spiro atoms. The first-order valence-corrected chi connectivity index (χ1v) is 5.46. The SMILES string of the molecule is CCC(C)(C)N(C)c1ccc(C#N)c(N)c1. The Morgan fingerprint density at radius 2 is 2.06 bits per heavy atom. The van der Waals surface area contributed by atoms with Crippen molar-refractivity contribution in [3.05, 3.63) is 23.8 Å². The number of nitriles is 1. The minimum absolute atomic E-state index is 0.0839. The van der Waals surface area contributed by atoms with Gasteiger partial charge < -0.3 is 10.6 Å². The van der Waals surface area contributed by atoms with Crippen molar-refractivity contribution < 1.29 is 0 Å². The van der Waals surface area contributed by atoms with E-state index in [9.17, 15) is 0 Å². The molecule has 0 fully saturated rings. The van der Waals surface area contributed by atoms with Crippen molar-refractivity contribution in [2.45, 2.75) is 32.7 Å². The van der Waals surface area contributed by atoms with Gasteiger partial charge in [-0.1, -0.05) is 6.92 Å². The van der Waals surface area contributed by atoms with Crippen LogP contribution in [-0.2, 0) is 0 Å². The van der Waals surface area contributed by atoms with Crippen molar-refractivity contribution in [2.75, 3.05) is 17.7 Å². The van der Waals surface area contributed by atoms with E-state index in [4.69, 9.17) is 11.0 Å². The molecule has 3 heteroatoms. The summed E-state index contributed by atoms with van der Waals surface area (Å²) < 4.78 is 0. The molecule has 0 aromatic heterocycles. The summed E-state index contributed by atoms with van der Waals surface area (Å²) in [7, 11) is 2.05. The third-order valence-corrected chi connectivity index (χ3v) is 3.32. The highest BCUT2D eigenvalue weighted by atomic mass is 15.2. The molecule has 0 bridgehead atoms. The predicted octanol–water partition coefficient (Wildman–Crippen LogP) is 2.77. The van der Waals surface area contributed by atoms with Crippen molar-refractivity contribution in [1.29, 1.82) is 5.26 Å². The normalized spacial score (nSPS) is 10.9. The van der Waals surface area contributed by atoms with E-state index >= 15 is 0 Å². The number of hydrogen-bond donors (Lipinski definition) is 1. The largest absolute Gasteiger partial charge is 0.398 e. The van der Waals surface area contributed by atoms with Crippen LogP contribution in [0.3, 0.4) is 0 Å². The van der Waals surface area contributed by atoms with E-state index < -0.39 is 0 Å². The highest BCUT2D eigenvalue weighted by molar-refractivity contribution is 5.64. The van der Waals surface area contributed by atoms with E-state index in [1.165, 1.54) is 0 Å². The lowest BCUT2D eigenvalue weighted by molar-refractivity contribution is 0.471. The Morgan fingerprint density at radius 1 is 1.44 bits per heavy atom. The fourth-order valence-electron chi connectivity index (χ4n) is 1.45. The molecule has 0 saturated heterocycles. The number of rotatable bonds is 3. The maximum atomic E-state index is 8.81. The summed E-state index contributed by atoms with van der Waals surface area (Å²) in [5.74, 6) is 0. The van der Waals surface area contributed by atoms with Gasteiger partial charge in [-0.2, -0.15) is 5.26 Å². The summed E-state index contributed by atoms with van der Waals surface area (Å²) in [5.41, 5.74) is 8.01. The maximum absolute atomic E-state index is 8.81. The van der Waals surface area contributed by atoms with Gasteiger partial charge in [-0.05, 0) is 38.5 Å². The third-order valence-electron chi connectivity index (χ3n) is 3.32. The summed E-state index contributed by atoms with van der Waals surface area (Å²) in [6, 6.07) is 7.64. The molecule has 1 aromatic carbocycles. The quantitative estimate of drug-likeness (QED) is 0.792. The fraction of sp³-hybridized carbons (Fsp3) is 0.462. The van der Waals surface area contributed by atoms with E-state index in [2.05, 4.69) is 31.7 Å². The molecule has 0 aliphatic carbocycles. The molecule has 0 aliphatic heterocycles. The number of nitrogens with zero attached hydrogens (tertiary/aromatic N) is 2. The molecule has 1 rings (SSSR count). The first-order chi connectivity index (χ1) is 7.42. The first-order valence-electron chi connectivity index (χ1n) is 5.46. The molecule has 0 amide bonds. The van der Waals surface area contributed by atoms with Crippen molar-refractivity contribution in [3.63, 3.8) is 0 Å². The number of hydrogen-bond acceptors (Lipinski definition) is 3. The van der Waals surface area contributed by atoms with E-state index in [1.54, 1.807) is 6.07 Å². The van der Waals surface area contributed by atoms with Gasteiger partial charge in [0.1, 0.15) is 6.07 Å². The van der Waals surface area contributed by atoms with Crippen LogP contribution in [0.2, 0.25) is 0 Å². The van der Waals surface area contributed by atoms with Crippen LogP contribution < -0.4 is 10.6 Å². The van der Waals surface area contributed by atoms with E-state index in [0.717, 1.165) is 12.1 Å². The zero-order valence-corrected chi connectivity index (χ0v) is 10.4. The van der Waals surface area contributed by atoms with Crippen LogP contribution >= 0.6 is 0 Å². The Balaban J connectivity index is 3.08. The minimum atomic E-state index is 0.0839. The lowest BCUT2D eigenvalue weighted by Gasteiger charge is -2.37. The summed E-state index contributed by atoms with van der Waals surface area (Å²) in [4.78, 5) is 2.19. The zero-order valence-electron chi connectivity index (χ0n) is 10.4. The Kier molecular flexibility index (Phi) is 3.44. The molecule has 1 aromatic rings. The highest BCUT2D eigenvalue weighted by Gasteiger charge is 2.21. The molecular weight excluding hydrogens is 198 g/mol. The molecule has 86 valence electrons. The van der Waals surface area contributed by atoms with E-state index in [1.807, 2.05) is 19.2 Å². The van der Waals surface area contributed by atoms with Gasteiger partial charge >= 0.3 is 0 Å². The van der Waals surface area contributed by atoms with Gasteiger partial charge in [0.25, 0.3) is 0 Å². The van der Waals surface area contributed by atoms with Crippen molar-refractivity contribution in [1.82, 2.24) is 0 Å². The Labute approximate surface area is 97.5 Å². The minimum Gasteiger partial charge on any atom is -0.398 e. The lowest BCUT2D eigenvalue weighted by atomic mass is 9.99. The summed E-state index contributed by atoms with van der Waals surface area (Å²) in [5, 5.41) is 8.81. The monoisotopic (exact) mass is 217 g/mol. The molecular formula is C13H19N3. The van der Waals surface area contributed by atoms with Crippen LogP contribution in [0.4, 0.5) is 11.4 Å². The van der Waals surface area contributed by atoms with Crippen LogP contribution in [0.15, 0.2) is 18.2 Å². The molecule has 3 nitrogen and oxygen atoms in total. The third kappa shape index (κ3) is 2.27. The second-order valence-electron chi connectivity index (χ2n) is 4.61.